The Kier molecular flexibility index (Phi) is 4.36. The third kappa shape index (κ3) is 3.10. The first kappa shape index (κ1) is 13.1. The molecular formula is C13H22N4O. The van der Waals surface area contributed by atoms with Crippen LogP contribution in [0.4, 0.5) is 11.8 Å². The Morgan fingerprint density at radius 2 is 2.33 bits per heavy atom. The molecule has 0 amide bonds. The lowest BCUT2D eigenvalue weighted by Gasteiger charge is -2.18. The summed E-state index contributed by atoms with van der Waals surface area (Å²) < 4.78 is 5.55. The van der Waals surface area contributed by atoms with Gasteiger partial charge < -0.3 is 15.4 Å². The summed E-state index contributed by atoms with van der Waals surface area (Å²) in [6, 6.07) is 0.345. The van der Waals surface area contributed by atoms with Gasteiger partial charge in [-0.25, -0.2) is 4.98 Å². The summed E-state index contributed by atoms with van der Waals surface area (Å²) in [4.78, 5) is 8.80. The SMILES string of the molecule is CCCNc1ncc(C)c(NC2CCOC2C)n1. The fourth-order valence-corrected chi connectivity index (χ4v) is 2.01. The lowest BCUT2D eigenvalue weighted by molar-refractivity contribution is 0.121. The van der Waals surface area contributed by atoms with Crippen LogP contribution in [-0.2, 0) is 4.74 Å². The highest BCUT2D eigenvalue weighted by Crippen LogP contribution is 2.20. The molecule has 1 aliphatic heterocycles. The lowest BCUT2D eigenvalue weighted by atomic mass is 10.1. The van der Waals surface area contributed by atoms with Crippen molar-refractivity contribution in [1.29, 1.82) is 0 Å². The van der Waals surface area contributed by atoms with Crippen LogP contribution in [0.3, 0.4) is 0 Å². The molecule has 100 valence electrons. The zero-order valence-corrected chi connectivity index (χ0v) is 11.4. The summed E-state index contributed by atoms with van der Waals surface area (Å²) in [7, 11) is 0. The number of hydrogen-bond acceptors (Lipinski definition) is 5. The van der Waals surface area contributed by atoms with Crippen LogP contribution in [0.5, 0.6) is 0 Å². The number of aryl methyl sites for hydroxylation is 1. The Bertz CT molecular complexity index is 397. The zero-order valence-electron chi connectivity index (χ0n) is 11.4. The van der Waals surface area contributed by atoms with Crippen LogP contribution < -0.4 is 10.6 Å². The molecule has 2 heterocycles. The minimum atomic E-state index is 0.242. The highest BCUT2D eigenvalue weighted by Gasteiger charge is 2.24. The summed E-state index contributed by atoms with van der Waals surface area (Å²) in [6.45, 7) is 7.96. The summed E-state index contributed by atoms with van der Waals surface area (Å²) in [5.41, 5.74) is 1.07. The molecule has 2 rings (SSSR count). The summed E-state index contributed by atoms with van der Waals surface area (Å²) in [5.74, 6) is 1.60. The Morgan fingerprint density at radius 3 is 3.00 bits per heavy atom. The van der Waals surface area contributed by atoms with E-state index >= 15 is 0 Å². The molecule has 5 nitrogen and oxygen atoms in total. The number of hydrogen-bond donors (Lipinski definition) is 2. The number of rotatable bonds is 5. The molecule has 1 aromatic heterocycles. The van der Waals surface area contributed by atoms with Crippen molar-refractivity contribution in [1.82, 2.24) is 9.97 Å². The fourth-order valence-electron chi connectivity index (χ4n) is 2.01. The van der Waals surface area contributed by atoms with E-state index in [9.17, 15) is 0 Å². The minimum Gasteiger partial charge on any atom is -0.376 e. The van der Waals surface area contributed by atoms with Gasteiger partial charge in [0.25, 0.3) is 0 Å². The van der Waals surface area contributed by atoms with E-state index in [0.717, 1.165) is 37.4 Å². The third-order valence-electron chi connectivity index (χ3n) is 3.20. The van der Waals surface area contributed by atoms with Crippen LogP contribution in [0.25, 0.3) is 0 Å². The molecule has 18 heavy (non-hydrogen) atoms. The standard InChI is InChI=1S/C13H22N4O/c1-4-6-14-13-15-8-9(2)12(17-13)16-11-5-7-18-10(11)3/h8,10-11H,4-7H2,1-3H3,(H2,14,15,16,17). The van der Waals surface area contributed by atoms with Crippen LogP contribution in [0, 0.1) is 6.92 Å². The van der Waals surface area contributed by atoms with Gasteiger partial charge in [0.15, 0.2) is 0 Å². The molecular weight excluding hydrogens is 228 g/mol. The van der Waals surface area contributed by atoms with Crippen molar-refractivity contribution in [2.24, 2.45) is 0 Å². The number of nitrogens with one attached hydrogen (secondary N) is 2. The van der Waals surface area contributed by atoms with Gasteiger partial charge in [-0.05, 0) is 26.7 Å². The number of anilines is 2. The Labute approximate surface area is 108 Å². The van der Waals surface area contributed by atoms with Gasteiger partial charge in [-0.3, -0.25) is 0 Å². The Hall–Kier alpha value is -1.36. The van der Waals surface area contributed by atoms with E-state index < -0.39 is 0 Å². The average molecular weight is 250 g/mol. The molecule has 1 aromatic rings. The summed E-state index contributed by atoms with van der Waals surface area (Å²) in [5, 5.41) is 6.66. The third-order valence-corrected chi connectivity index (χ3v) is 3.20. The molecule has 2 atom stereocenters. The number of nitrogens with zero attached hydrogens (tertiary/aromatic N) is 2. The van der Waals surface area contributed by atoms with Crippen molar-refractivity contribution in [2.45, 2.75) is 45.8 Å². The zero-order chi connectivity index (χ0) is 13.0. The van der Waals surface area contributed by atoms with E-state index in [4.69, 9.17) is 4.74 Å². The first-order valence-electron chi connectivity index (χ1n) is 6.66. The van der Waals surface area contributed by atoms with E-state index in [1.54, 1.807) is 0 Å². The van der Waals surface area contributed by atoms with Crippen LogP contribution in [0.1, 0.15) is 32.3 Å². The van der Waals surface area contributed by atoms with Gasteiger partial charge in [-0.15, -0.1) is 0 Å². The van der Waals surface area contributed by atoms with Crippen molar-refractivity contribution in [3.63, 3.8) is 0 Å². The second-order valence-corrected chi connectivity index (χ2v) is 4.77. The topological polar surface area (TPSA) is 59.1 Å². The molecule has 0 bridgehead atoms. The second kappa shape index (κ2) is 6.00. The van der Waals surface area contributed by atoms with Crippen molar-refractivity contribution in [2.75, 3.05) is 23.8 Å². The van der Waals surface area contributed by atoms with E-state index in [-0.39, 0.29) is 6.10 Å². The maximum Gasteiger partial charge on any atom is 0.224 e. The predicted molar refractivity (Wildman–Crippen MR) is 73.0 cm³/mol. The van der Waals surface area contributed by atoms with Crippen molar-refractivity contribution < 1.29 is 4.74 Å². The normalized spacial score (nSPS) is 23.1. The molecule has 0 saturated carbocycles. The minimum absolute atomic E-state index is 0.242. The molecule has 1 saturated heterocycles. The molecule has 2 N–H and O–H groups in total. The van der Waals surface area contributed by atoms with Gasteiger partial charge in [0.05, 0.1) is 12.1 Å². The molecule has 0 aliphatic carbocycles. The highest BCUT2D eigenvalue weighted by molar-refractivity contribution is 5.47. The lowest BCUT2D eigenvalue weighted by Crippen LogP contribution is -2.27. The molecule has 0 radical (unpaired) electrons. The van der Waals surface area contributed by atoms with Crippen LogP contribution in [0.2, 0.25) is 0 Å². The predicted octanol–water partition coefficient (Wildman–Crippen LogP) is 2.20. The van der Waals surface area contributed by atoms with Crippen molar-refractivity contribution in [3.05, 3.63) is 11.8 Å². The van der Waals surface area contributed by atoms with Gasteiger partial charge in [-0.2, -0.15) is 4.98 Å². The van der Waals surface area contributed by atoms with E-state index in [0.29, 0.717) is 12.0 Å². The molecule has 0 aromatic carbocycles. The van der Waals surface area contributed by atoms with Crippen LogP contribution >= 0.6 is 0 Å². The van der Waals surface area contributed by atoms with E-state index in [1.165, 1.54) is 0 Å². The van der Waals surface area contributed by atoms with Crippen LogP contribution in [-0.4, -0.2) is 35.3 Å². The van der Waals surface area contributed by atoms with Crippen molar-refractivity contribution in [3.8, 4) is 0 Å². The first-order chi connectivity index (χ1) is 8.70. The molecule has 5 heteroatoms. The van der Waals surface area contributed by atoms with Crippen molar-refractivity contribution >= 4 is 11.8 Å². The monoisotopic (exact) mass is 250 g/mol. The fraction of sp³-hybridized carbons (Fsp3) is 0.692. The molecule has 2 unspecified atom stereocenters. The highest BCUT2D eigenvalue weighted by atomic mass is 16.5. The first-order valence-corrected chi connectivity index (χ1v) is 6.66. The average Bonchev–Trinajstić information content (AvgIpc) is 2.76. The quantitative estimate of drug-likeness (QED) is 0.839. The molecule has 1 fully saturated rings. The van der Waals surface area contributed by atoms with Gasteiger partial charge in [-0.1, -0.05) is 6.92 Å². The maximum absolute atomic E-state index is 5.55. The van der Waals surface area contributed by atoms with Gasteiger partial charge in [0, 0.05) is 24.9 Å². The molecule has 0 spiro atoms. The van der Waals surface area contributed by atoms with Gasteiger partial charge >= 0.3 is 0 Å². The van der Waals surface area contributed by atoms with E-state index in [1.807, 2.05) is 13.1 Å². The smallest absolute Gasteiger partial charge is 0.224 e. The maximum atomic E-state index is 5.55. The van der Waals surface area contributed by atoms with Crippen LogP contribution in [0.15, 0.2) is 6.20 Å². The Morgan fingerprint density at radius 1 is 1.50 bits per heavy atom. The second-order valence-electron chi connectivity index (χ2n) is 4.77. The summed E-state index contributed by atoms with van der Waals surface area (Å²) >= 11 is 0. The number of ether oxygens (including phenoxy) is 1. The molecule has 1 aliphatic rings. The Balaban J connectivity index is 2.06. The summed E-state index contributed by atoms with van der Waals surface area (Å²) in [6.07, 6.45) is 4.19. The van der Waals surface area contributed by atoms with Gasteiger partial charge in [0.1, 0.15) is 5.82 Å². The largest absolute Gasteiger partial charge is 0.376 e. The number of aromatic nitrogens is 2. The van der Waals surface area contributed by atoms with Gasteiger partial charge in [0.2, 0.25) is 5.95 Å². The van der Waals surface area contributed by atoms with E-state index in [2.05, 4.69) is 34.4 Å².